The Bertz CT molecular complexity index is 992. The van der Waals surface area contributed by atoms with Gasteiger partial charge in [-0.2, -0.15) is 0 Å². The molecule has 7 nitrogen and oxygen atoms in total. The van der Waals surface area contributed by atoms with E-state index in [1.54, 1.807) is 30.3 Å². The van der Waals surface area contributed by atoms with Gasteiger partial charge in [0.05, 0.1) is 35.4 Å². The van der Waals surface area contributed by atoms with Crippen LogP contribution in [0.3, 0.4) is 0 Å². The Morgan fingerprint density at radius 1 is 0.971 bits per heavy atom. The third kappa shape index (κ3) is 9.18. The molecule has 0 unspecified atom stereocenters. The van der Waals surface area contributed by atoms with Crippen LogP contribution in [0.5, 0.6) is 17.2 Å². The lowest BCUT2D eigenvalue weighted by Crippen LogP contribution is -2.14. The van der Waals surface area contributed by atoms with E-state index in [1.807, 2.05) is 21.0 Å². The second-order valence-electron chi connectivity index (χ2n) is 8.59. The smallest absolute Gasteiger partial charge is 0.338 e. The minimum Gasteiger partial charge on any atom is -0.507 e. The Labute approximate surface area is 216 Å². The van der Waals surface area contributed by atoms with E-state index in [2.05, 4.69) is 20.8 Å². The molecular formula is C27H36BrNO6. The van der Waals surface area contributed by atoms with Gasteiger partial charge in [-0.25, -0.2) is 4.79 Å². The van der Waals surface area contributed by atoms with Gasteiger partial charge in [-0.15, -0.1) is 0 Å². The summed E-state index contributed by atoms with van der Waals surface area (Å²) in [5.41, 5.74) is 1.44. The van der Waals surface area contributed by atoms with Gasteiger partial charge in [0, 0.05) is 12.0 Å². The van der Waals surface area contributed by atoms with Gasteiger partial charge in [-0.3, -0.25) is 4.79 Å². The fourth-order valence-corrected chi connectivity index (χ4v) is 3.97. The summed E-state index contributed by atoms with van der Waals surface area (Å²) >= 11 is 3.46. The number of ketones is 1. The van der Waals surface area contributed by atoms with Crippen molar-refractivity contribution in [1.29, 1.82) is 0 Å². The van der Waals surface area contributed by atoms with Crippen molar-refractivity contribution in [2.24, 2.45) is 0 Å². The van der Waals surface area contributed by atoms with Gasteiger partial charge < -0.3 is 24.2 Å². The van der Waals surface area contributed by atoms with Crippen molar-refractivity contribution in [2.75, 3.05) is 40.5 Å². The van der Waals surface area contributed by atoms with Gasteiger partial charge in [-0.1, -0.05) is 13.3 Å². The number of hydrogen-bond donors (Lipinski definition) is 1. The molecule has 2 aromatic carbocycles. The number of carbonyl (C=O) groups is 2. The average Bonchev–Trinajstić information content (AvgIpc) is 2.81. The lowest BCUT2D eigenvalue weighted by molar-refractivity contribution is 0.0496. The topological polar surface area (TPSA) is 85.3 Å². The van der Waals surface area contributed by atoms with Crippen LogP contribution >= 0.6 is 15.9 Å². The van der Waals surface area contributed by atoms with Gasteiger partial charge >= 0.3 is 5.97 Å². The highest BCUT2D eigenvalue weighted by atomic mass is 79.9. The molecule has 0 amide bonds. The molecule has 0 aliphatic rings. The largest absolute Gasteiger partial charge is 0.507 e. The molecule has 35 heavy (non-hydrogen) atoms. The van der Waals surface area contributed by atoms with E-state index in [1.165, 1.54) is 6.92 Å². The normalized spacial score (nSPS) is 10.9. The van der Waals surface area contributed by atoms with Crippen LogP contribution in [0.1, 0.15) is 65.8 Å². The molecule has 192 valence electrons. The molecule has 0 fully saturated rings. The monoisotopic (exact) mass is 549 g/mol. The summed E-state index contributed by atoms with van der Waals surface area (Å²) in [7, 11) is 4.04. The lowest BCUT2D eigenvalue weighted by atomic mass is 10.0. The van der Waals surface area contributed by atoms with Crippen LogP contribution in [0.25, 0.3) is 0 Å². The van der Waals surface area contributed by atoms with Crippen LogP contribution in [0.15, 0.2) is 34.8 Å². The summed E-state index contributed by atoms with van der Waals surface area (Å²) in [5, 5.41) is 10.4. The molecule has 0 heterocycles. The number of phenols is 1. The zero-order valence-corrected chi connectivity index (χ0v) is 22.7. The second kappa shape index (κ2) is 14.7. The summed E-state index contributed by atoms with van der Waals surface area (Å²) < 4.78 is 17.7. The third-order valence-electron chi connectivity index (χ3n) is 5.32. The van der Waals surface area contributed by atoms with Crippen LogP contribution in [0.4, 0.5) is 0 Å². The number of aromatic hydroxyl groups is 1. The Balaban J connectivity index is 1.81. The third-order valence-corrected chi connectivity index (χ3v) is 5.94. The number of nitrogens with zero attached hydrogens (tertiary/aromatic N) is 1. The lowest BCUT2D eigenvalue weighted by Gasteiger charge is -2.15. The van der Waals surface area contributed by atoms with Gasteiger partial charge in [0.2, 0.25) is 0 Å². The number of benzene rings is 2. The summed E-state index contributed by atoms with van der Waals surface area (Å²) in [6.45, 7) is 5.61. The zero-order valence-electron chi connectivity index (χ0n) is 21.1. The maximum atomic E-state index is 12.2. The van der Waals surface area contributed by atoms with Crippen LogP contribution in [0.2, 0.25) is 0 Å². The van der Waals surface area contributed by atoms with Crippen LogP contribution in [0, 0.1) is 0 Å². The number of phenolic OH excluding ortho intramolecular Hbond substituents is 1. The quantitative estimate of drug-likeness (QED) is 0.174. The molecule has 0 radical (unpaired) electrons. The van der Waals surface area contributed by atoms with E-state index in [0.717, 1.165) is 25.8 Å². The number of carbonyl (C=O) groups excluding carboxylic acids is 2. The minimum atomic E-state index is -0.350. The molecule has 1 N–H and O–H groups in total. The molecule has 0 aliphatic carbocycles. The van der Waals surface area contributed by atoms with Gasteiger partial charge in [-0.05, 0) is 93.1 Å². The molecule has 0 atom stereocenters. The molecule has 0 saturated carbocycles. The van der Waals surface area contributed by atoms with Gasteiger partial charge in [0.25, 0.3) is 0 Å². The Morgan fingerprint density at radius 3 is 2.29 bits per heavy atom. The second-order valence-corrected chi connectivity index (χ2v) is 9.44. The highest BCUT2D eigenvalue weighted by molar-refractivity contribution is 9.10. The summed E-state index contributed by atoms with van der Waals surface area (Å²) in [5.74, 6) is 0.689. The Kier molecular flexibility index (Phi) is 12.1. The predicted octanol–water partition coefficient (Wildman–Crippen LogP) is 5.66. The number of rotatable bonds is 15. The first-order valence-electron chi connectivity index (χ1n) is 12.0. The zero-order chi connectivity index (χ0) is 25.8. The predicted molar refractivity (Wildman–Crippen MR) is 140 cm³/mol. The molecule has 2 aromatic rings. The standard InChI is InChI=1S/C27H36BrNO6/c1-5-9-22-24(13-11-21(19(2)30)26(22)31)33-16-8-17-34-25-12-10-20(18-23(25)28)27(32)35-15-7-6-14-29(3)4/h10-13,18,31H,5-9,14-17H2,1-4H3. The number of unbranched alkanes of at least 4 members (excludes halogenated alkanes) is 1. The van der Waals surface area contributed by atoms with Crippen molar-refractivity contribution in [2.45, 2.75) is 46.0 Å². The average molecular weight is 550 g/mol. The number of ether oxygens (including phenoxy) is 3. The van der Waals surface area contributed by atoms with E-state index in [0.29, 0.717) is 65.3 Å². The summed E-state index contributed by atoms with van der Waals surface area (Å²) in [6, 6.07) is 8.46. The first kappa shape index (κ1) is 28.7. The molecule has 2 rings (SSSR count). The SMILES string of the molecule is CCCc1c(OCCCOc2ccc(C(=O)OCCCCN(C)C)cc2Br)ccc(C(C)=O)c1O. The summed E-state index contributed by atoms with van der Waals surface area (Å²) in [6.07, 6.45) is 3.86. The molecule has 0 aromatic heterocycles. The number of esters is 1. The first-order valence-corrected chi connectivity index (χ1v) is 12.8. The highest BCUT2D eigenvalue weighted by Crippen LogP contribution is 2.33. The van der Waals surface area contributed by atoms with Crippen LogP contribution in [-0.4, -0.2) is 62.2 Å². The highest BCUT2D eigenvalue weighted by Gasteiger charge is 2.16. The molecule has 0 bridgehead atoms. The van der Waals surface area contributed by atoms with Crippen molar-refractivity contribution < 1.29 is 28.9 Å². The van der Waals surface area contributed by atoms with E-state index in [9.17, 15) is 14.7 Å². The molecule has 0 aliphatic heterocycles. The van der Waals surface area contributed by atoms with Crippen molar-refractivity contribution in [3.05, 3.63) is 51.5 Å². The van der Waals surface area contributed by atoms with Crippen molar-refractivity contribution in [1.82, 2.24) is 4.90 Å². The molecular weight excluding hydrogens is 514 g/mol. The number of hydrogen-bond acceptors (Lipinski definition) is 7. The summed E-state index contributed by atoms with van der Waals surface area (Å²) in [4.78, 5) is 26.0. The van der Waals surface area contributed by atoms with E-state index in [4.69, 9.17) is 14.2 Å². The Hall–Kier alpha value is -2.58. The fourth-order valence-electron chi connectivity index (χ4n) is 3.48. The van der Waals surface area contributed by atoms with Crippen molar-refractivity contribution in [3.8, 4) is 17.2 Å². The molecule has 0 spiro atoms. The van der Waals surface area contributed by atoms with Gasteiger partial charge in [0.15, 0.2) is 5.78 Å². The van der Waals surface area contributed by atoms with Crippen LogP contribution in [-0.2, 0) is 11.2 Å². The minimum absolute atomic E-state index is 0.00390. The van der Waals surface area contributed by atoms with E-state index >= 15 is 0 Å². The number of Topliss-reactive ketones (excluding diaryl/α,β-unsaturated/α-hetero) is 1. The maximum absolute atomic E-state index is 12.2. The van der Waals surface area contributed by atoms with E-state index in [-0.39, 0.29) is 17.5 Å². The fraction of sp³-hybridized carbons (Fsp3) is 0.481. The van der Waals surface area contributed by atoms with Crippen molar-refractivity contribution in [3.63, 3.8) is 0 Å². The number of halogens is 1. The van der Waals surface area contributed by atoms with Crippen LogP contribution < -0.4 is 9.47 Å². The van der Waals surface area contributed by atoms with E-state index < -0.39 is 0 Å². The molecule has 8 heteroatoms. The first-order chi connectivity index (χ1) is 16.7. The van der Waals surface area contributed by atoms with Gasteiger partial charge in [0.1, 0.15) is 17.2 Å². The Morgan fingerprint density at radius 2 is 1.66 bits per heavy atom. The molecule has 0 saturated heterocycles. The van der Waals surface area contributed by atoms with Crippen molar-refractivity contribution >= 4 is 27.7 Å². The maximum Gasteiger partial charge on any atom is 0.338 e.